The van der Waals surface area contributed by atoms with Crippen molar-refractivity contribution in [3.05, 3.63) is 23.0 Å². The monoisotopic (exact) mass is 195 g/mol. The third-order valence-electron chi connectivity index (χ3n) is 1.88. The summed E-state index contributed by atoms with van der Waals surface area (Å²) in [6.45, 7) is 3.63. The SMILES string of the molecule is COc1cc(C)nc(C)c1/C(N)=N/O. The molecular weight excluding hydrogens is 182 g/mol. The summed E-state index contributed by atoms with van der Waals surface area (Å²) in [6, 6.07) is 1.74. The minimum atomic E-state index is 0.00634. The van der Waals surface area contributed by atoms with Crippen molar-refractivity contribution in [3.8, 4) is 5.75 Å². The van der Waals surface area contributed by atoms with Gasteiger partial charge in [0, 0.05) is 11.8 Å². The van der Waals surface area contributed by atoms with Crippen molar-refractivity contribution in [3.63, 3.8) is 0 Å². The quantitative estimate of drug-likeness (QED) is 0.316. The number of pyridine rings is 1. The Hall–Kier alpha value is -1.78. The predicted octanol–water partition coefficient (Wildman–Crippen LogP) is 0.802. The lowest BCUT2D eigenvalue weighted by molar-refractivity contribution is 0.318. The van der Waals surface area contributed by atoms with Crippen molar-refractivity contribution in [1.82, 2.24) is 4.98 Å². The van der Waals surface area contributed by atoms with Gasteiger partial charge in [-0.3, -0.25) is 4.98 Å². The van der Waals surface area contributed by atoms with E-state index in [4.69, 9.17) is 15.7 Å². The molecule has 1 aromatic heterocycles. The molecule has 3 N–H and O–H groups in total. The van der Waals surface area contributed by atoms with Crippen LogP contribution in [0.25, 0.3) is 0 Å². The van der Waals surface area contributed by atoms with E-state index in [-0.39, 0.29) is 5.84 Å². The Morgan fingerprint density at radius 3 is 2.71 bits per heavy atom. The van der Waals surface area contributed by atoms with E-state index in [2.05, 4.69) is 10.1 Å². The van der Waals surface area contributed by atoms with E-state index in [0.29, 0.717) is 17.0 Å². The molecule has 1 aromatic rings. The Kier molecular flexibility index (Phi) is 2.91. The molecule has 0 aliphatic heterocycles. The van der Waals surface area contributed by atoms with E-state index in [1.165, 1.54) is 7.11 Å². The van der Waals surface area contributed by atoms with Crippen LogP contribution < -0.4 is 10.5 Å². The number of ether oxygens (including phenoxy) is 1. The number of nitrogens with zero attached hydrogens (tertiary/aromatic N) is 2. The van der Waals surface area contributed by atoms with Gasteiger partial charge in [-0.05, 0) is 13.8 Å². The summed E-state index contributed by atoms with van der Waals surface area (Å²) < 4.78 is 5.12. The fourth-order valence-corrected chi connectivity index (χ4v) is 1.32. The fraction of sp³-hybridized carbons (Fsp3) is 0.333. The first-order chi connectivity index (χ1) is 6.60. The molecule has 0 bridgehead atoms. The third-order valence-corrected chi connectivity index (χ3v) is 1.88. The molecule has 5 heteroatoms. The molecule has 0 fully saturated rings. The Balaban J connectivity index is 3.40. The van der Waals surface area contributed by atoms with Crippen molar-refractivity contribution >= 4 is 5.84 Å². The summed E-state index contributed by atoms with van der Waals surface area (Å²) in [5.74, 6) is 0.567. The van der Waals surface area contributed by atoms with Crippen LogP contribution in [0.15, 0.2) is 11.2 Å². The molecule has 0 saturated heterocycles. The van der Waals surface area contributed by atoms with Crippen LogP contribution >= 0.6 is 0 Å². The van der Waals surface area contributed by atoms with Crippen LogP contribution in [0.5, 0.6) is 5.75 Å². The molecule has 0 unspecified atom stereocenters. The first kappa shape index (κ1) is 10.3. The Morgan fingerprint density at radius 2 is 2.21 bits per heavy atom. The van der Waals surface area contributed by atoms with Crippen molar-refractivity contribution in [2.75, 3.05) is 7.11 Å². The normalized spacial score (nSPS) is 11.5. The smallest absolute Gasteiger partial charge is 0.175 e. The van der Waals surface area contributed by atoms with Gasteiger partial charge in [0.05, 0.1) is 18.4 Å². The average molecular weight is 195 g/mol. The minimum absolute atomic E-state index is 0.00634. The van der Waals surface area contributed by atoms with Crippen LogP contribution in [0.4, 0.5) is 0 Å². The van der Waals surface area contributed by atoms with E-state index in [9.17, 15) is 0 Å². The van der Waals surface area contributed by atoms with Gasteiger partial charge in [-0.25, -0.2) is 0 Å². The van der Waals surface area contributed by atoms with Crippen LogP contribution in [-0.2, 0) is 0 Å². The molecule has 0 radical (unpaired) electrons. The fourth-order valence-electron chi connectivity index (χ4n) is 1.32. The maximum absolute atomic E-state index is 8.58. The summed E-state index contributed by atoms with van der Waals surface area (Å²) >= 11 is 0. The number of nitrogens with two attached hydrogens (primary N) is 1. The number of aromatic nitrogens is 1. The first-order valence-electron chi connectivity index (χ1n) is 4.10. The second-order valence-electron chi connectivity index (χ2n) is 2.91. The van der Waals surface area contributed by atoms with E-state index < -0.39 is 0 Å². The molecule has 5 nitrogen and oxygen atoms in total. The minimum Gasteiger partial charge on any atom is -0.496 e. The highest BCUT2D eigenvalue weighted by atomic mass is 16.5. The van der Waals surface area contributed by atoms with Crippen LogP contribution in [0, 0.1) is 13.8 Å². The maximum atomic E-state index is 8.58. The van der Waals surface area contributed by atoms with E-state index in [1.54, 1.807) is 13.0 Å². The summed E-state index contributed by atoms with van der Waals surface area (Å²) in [7, 11) is 1.53. The van der Waals surface area contributed by atoms with Crippen LogP contribution in [0.2, 0.25) is 0 Å². The number of rotatable bonds is 2. The average Bonchev–Trinajstić information content (AvgIpc) is 2.15. The van der Waals surface area contributed by atoms with Crippen LogP contribution in [0.1, 0.15) is 17.0 Å². The van der Waals surface area contributed by atoms with Crippen LogP contribution in [-0.4, -0.2) is 23.1 Å². The number of hydrogen-bond donors (Lipinski definition) is 2. The highest BCUT2D eigenvalue weighted by molar-refractivity contribution is 6.00. The molecule has 0 aromatic carbocycles. The summed E-state index contributed by atoms with van der Waals surface area (Å²) in [6.07, 6.45) is 0. The molecule has 14 heavy (non-hydrogen) atoms. The van der Waals surface area contributed by atoms with E-state index in [1.807, 2.05) is 6.92 Å². The zero-order valence-electron chi connectivity index (χ0n) is 8.40. The second-order valence-corrected chi connectivity index (χ2v) is 2.91. The van der Waals surface area contributed by atoms with Gasteiger partial charge in [-0.15, -0.1) is 0 Å². The molecule has 1 rings (SSSR count). The largest absolute Gasteiger partial charge is 0.496 e. The summed E-state index contributed by atoms with van der Waals surface area (Å²) in [5, 5.41) is 11.5. The number of methoxy groups -OCH3 is 1. The Labute approximate surface area is 82.2 Å². The molecule has 1 heterocycles. The summed E-state index contributed by atoms with van der Waals surface area (Å²) in [4.78, 5) is 4.20. The van der Waals surface area contributed by atoms with Gasteiger partial charge in [0.15, 0.2) is 5.84 Å². The number of aryl methyl sites for hydroxylation is 2. The highest BCUT2D eigenvalue weighted by Gasteiger charge is 2.12. The molecule has 0 aliphatic carbocycles. The predicted molar refractivity (Wildman–Crippen MR) is 52.8 cm³/mol. The van der Waals surface area contributed by atoms with Gasteiger partial charge in [-0.1, -0.05) is 5.16 Å². The molecule has 0 atom stereocenters. The Bertz CT molecular complexity index is 375. The number of oxime groups is 1. The van der Waals surface area contributed by atoms with Gasteiger partial charge in [0.2, 0.25) is 0 Å². The molecule has 0 spiro atoms. The Morgan fingerprint density at radius 1 is 1.57 bits per heavy atom. The van der Waals surface area contributed by atoms with Crippen molar-refractivity contribution in [2.45, 2.75) is 13.8 Å². The van der Waals surface area contributed by atoms with E-state index in [0.717, 1.165) is 5.69 Å². The zero-order chi connectivity index (χ0) is 10.7. The van der Waals surface area contributed by atoms with Crippen molar-refractivity contribution in [2.24, 2.45) is 10.9 Å². The molecule has 0 amide bonds. The molecule has 0 aliphatic rings. The highest BCUT2D eigenvalue weighted by Crippen LogP contribution is 2.21. The first-order valence-corrected chi connectivity index (χ1v) is 4.10. The van der Waals surface area contributed by atoms with Gasteiger partial charge >= 0.3 is 0 Å². The van der Waals surface area contributed by atoms with Gasteiger partial charge in [0.25, 0.3) is 0 Å². The lowest BCUT2D eigenvalue weighted by Gasteiger charge is -2.10. The second kappa shape index (κ2) is 3.95. The van der Waals surface area contributed by atoms with Crippen molar-refractivity contribution in [1.29, 1.82) is 0 Å². The molecular formula is C9H13N3O2. The lowest BCUT2D eigenvalue weighted by atomic mass is 10.1. The summed E-state index contributed by atoms with van der Waals surface area (Å²) in [5.41, 5.74) is 7.54. The van der Waals surface area contributed by atoms with Gasteiger partial charge < -0.3 is 15.7 Å². The van der Waals surface area contributed by atoms with Gasteiger partial charge in [0.1, 0.15) is 5.75 Å². The number of hydrogen-bond acceptors (Lipinski definition) is 4. The number of amidine groups is 1. The maximum Gasteiger partial charge on any atom is 0.175 e. The molecule has 76 valence electrons. The van der Waals surface area contributed by atoms with Crippen molar-refractivity contribution < 1.29 is 9.94 Å². The molecule has 0 saturated carbocycles. The standard InChI is InChI=1S/C9H13N3O2/c1-5-4-7(14-3)8(6(2)11-5)9(10)12-13/h4,13H,1-3H3,(H2,10,12). The van der Waals surface area contributed by atoms with Gasteiger partial charge in [-0.2, -0.15) is 0 Å². The van der Waals surface area contributed by atoms with E-state index >= 15 is 0 Å². The zero-order valence-corrected chi connectivity index (χ0v) is 8.40. The topological polar surface area (TPSA) is 80.7 Å². The third kappa shape index (κ3) is 1.76. The lowest BCUT2D eigenvalue weighted by Crippen LogP contribution is -2.17. The van der Waals surface area contributed by atoms with Crippen LogP contribution in [0.3, 0.4) is 0 Å².